The van der Waals surface area contributed by atoms with Gasteiger partial charge in [-0.15, -0.1) is 0 Å². The van der Waals surface area contributed by atoms with Crippen molar-refractivity contribution in [1.82, 2.24) is 4.72 Å². The van der Waals surface area contributed by atoms with E-state index >= 15 is 0 Å². The highest BCUT2D eigenvalue weighted by Gasteiger charge is 2.27. The van der Waals surface area contributed by atoms with Gasteiger partial charge in [-0.25, -0.2) is 8.42 Å². The molecular weight excluding hydrogens is 342 g/mol. The summed E-state index contributed by atoms with van der Waals surface area (Å²) in [7, 11) is -4.10. The Labute approximate surface area is 117 Å². The van der Waals surface area contributed by atoms with Gasteiger partial charge in [0.2, 0.25) is 10.0 Å². The molecule has 0 aliphatic carbocycles. The summed E-state index contributed by atoms with van der Waals surface area (Å²) in [6, 6.07) is 3.90. The van der Waals surface area contributed by atoms with Crippen molar-refractivity contribution in [2.45, 2.75) is 17.4 Å². The molecule has 0 unspecified atom stereocenters. The lowest BCUT2D eigenvalue weighted by molar-refractivity contribution is -0.145. The van der Waals surface area contributed by atoms with Crippen molar-refractivity contribution in [2.75, 3.05) is 0 Å². The summed E-state index contributed by atoms with van der Waals surface area (Å²) in [4.78, 5) is 21.1. The monoisotopic (exact) mass is 351 g/mol. The van der Waals surface area contributed by atoms with Gasteiger partial charge in [0.1, 0.15) is 6.04 Å². The number of benzene rings is 1. The van der Waals surface area contributed by atoms with E-state index in [2.05, 4.69) is 15.9 Å². The van der Waals surface area contributed by atoms with Crippen LogP contribution in [0.1, 0.15) is 6.42 Å². The summed E-state index contributed by atoms with van der Waals surface area (Å²) in [6.07, 6.45) is -0.845. The quantitative estimate of drug-likeness (QED) is 0.692. The smallest absolute Gasteiger partial charge is 0.322 e. The molecule has 0 fully saturated rings. The predicted octanol–water partition coefficient (Wildman–Crippen LogP) is 0.655. The average molecular weight is 352 g/mol. The third-order valence-corrected chi connectivity index (χ3v) is 4.04. The summed E-state index contributed by atoms with van der Waals surface area (Å²) in [5.74, 6) is -2.97. The van der Waals surface area contributed by atoms with Crippen LogP contribution in [-0.2, 0) is 19.6 Å². The van der Waals surface area contributed by atoms with Gasteiger partial charge < -0.3 is 10.2 Å². The van der Waals surface area contributed by atoms with Crippen molar-refractivity contribution in [3.8, 4) is 0 Å². The van der Waals surface area contributed by atoms with E-state index in [0.29, 0.717) is 4.47 Å². The van der Waals surface area contributed by atoms with Crippen molar-refractivity contribution in [1.29, 1.82) is 0 Å². The maximum atomic E-state index is 11.9. The number of aliphatic carboxylic acids is 2. The molecule has 1 aromatic carbocycles. The standard InChI is InChI=1S/C10H10BrNO6S/c11-6-2-1-3-7(4-6)19(17,18)12-8(10(15)16)5-9(13)14/h1-4,8,12H,5H2,(H,13,14)(H,15,16)/t8-/m0/s1. The fourth-order valence-electron chi connectivity index (χ4n) is 1.24. The number of hydrogen-bond acceptors (Lipinski definition) is 4. The maximum Gasteiger partial charge on any atom is 0.322 e. The van der Waals surface area contributed by atoms with E-state index in [1.165, 1.54) is 18.2 Å². The third-order valence-electron chi connectivity index (χ3n) is 2.08. The first-order valence-corrected chi connectivity index (χ1v) is 7.22. The number of sulfonamides is 1. The van der Waals surface area contributed by atoms with E-state index < -0.39 is 34.4 Å². The van der Waals surface area contributed by atoms with E-state index in [1.54, 1.807) is 6.07 Å². The molecule has 9 heteroatoms. The van der Waals surface area contributed by atoms with Gasteiger partial charge in [0.15, 0.2) is 0 Å². The first-order chi connectivity index (χ1) is 8.72. The topological polar surface area (TPSA) is 121 Å². The minimum Gasteiger partial charge on any atom is -0.481 e. The highest BCUT2D eigenvalue weighted by molar-refractivity contribution is 9.10. The number of hydrogen-bond donors (Lipinski definition) is 3. The Balaban J connectivity index is 3.00. The van der Waals surface area contributed by atoms with Crippen LogP contribution >= 0.6 is 15.9 Å². The summed E-state index contributed by atoms with van der Waals surface area (Å²) >= 11 is 3.09. The number of halogens is 1. The van der Waals surface area contributed by atoms with Crippen molar-refractivity contribution >= 4 is 37.9 Å². The first-order valence-electron chi connectivity index (χ1n) is 4.95. The van der Waals surface area contributed by atoms with Crippen LogP contribution in [0.3, 0.4) is 0 Å². The fraction of sp³-hybridized carbons (Fsp3) is 0.200. The largest absolute Gasteiger partial charge is 0.481 e. The minimum atomic E-state index is -4.10. The molecule has 104 valence electrons. The Morgan fingerprint density at radius 3 is 2.42 bits per heavy atom. The van der Waals surface area contributed by atoms with Gasteiger partial charge in [-0.2, -0.15) is 4.72 Å². The van der Waals surface area contributed by atoms with E-state index in [0.717, 1.165) is 0 Å². The molecule has 0 saturated heterocycles. The normalized spacial score (nSPS) is 12.9. The van der Waals surface area contributed by atoms with E-state index in [9.17, 15) is 18.0 Å². The van der Waals surface area contributed by atoms with Crippen molar-refractivity contribution in [3.05, 3.63) is 28.7 Å². The van der Waals surface area contributed by atoms with Crippen LogP contribution in [0.2, 0.25) is 0 Å². The highest BCUT2D eigenvalue weighted by Crippen LogP contribution is 2.16. The summed E-state index contributed by atoms with van der Waals surface area (Å²) in [6.45, 7) is 0. The number of carboxylic acids is 2. The van der Waals surface area contributed by atoms with Crippen LogP contribution < -0.4 is 4.72 Å². The first kappa shape index (κ1) is 15.6. The van der Waals surface area contributed by atoms with Crippen molar-refractivity contribution < 1.29 is 28.2 Å². The van der Waals surface area contributed by atoms with E-state index in [1.807, 2.05) is 4.72 Å². The van der Waals surface area contributed by atoms with Crippen LogP contribution in [0.5, 0.6) is 0 Å². The average Bonchev–Trinajstić information content (AvgIpc) is 2.27. The summed E-state index contributed by atoms with van der Waals surface area (Å²) < 4.78 is 26.1. The molecule has 1 atom stereocenters. The Morgan fingerprint density at radius 2 is 1.95 bits per heavy atom. The van der Waals surface area contributed by atoms with Crippen LogP contribution in [0, 0.1) is 0 Å². The van der Waals surface area contributed by atoms with Crippen LogP contribution in [0.4, 0.5) is 0 Å². The van der Waals surface area contributed by atoms with E-state index in [-0.39, 0.29) is 4.90 Å². The van der Waals surface area contributed by atoms with Gasteiger partial charge in [-0.1, -0.05) is 22.0 Å². The number of rotatable bonds is 6. The summed E-state index contributed by atoms with van der Waals surface area (Å²) in [5, 5.41) is 17.3. The Morgan fingerprint density at radius 1 is 1.32 bits per heavy atom. The van der Waals surface area contributed by atoms with Crippen LogP contribution in [-0.4, -0.2) is 36.6 Å². The van der Waals surface area contributed by atoms with Gasteiger partial charge >= 0.3 is 11.9 Å². The molecule has 7 nitrogen and oxygen atoms in total. The summed E-state index contributed by atoms with van der Waals surface area (Å²) in [5.41, 5.74) is 0. The molecule has 3 N–H and O–H groups in total. The molecular formula is C10H10BrNO6S. The lowest BCUT2D eigenvalue weighted by Crippen LogP contribution is -2.42. The molecule has 1 rings (SSSR count). The zero-order chi connectivity index (χ0) is 14.6. The number of carbonyl (C=O) groups is 2. The molecule has 0 bridgehead atoms. The number of nitrogens with one attached hydrogen (secondary N) is 1. The molecule has 0 amide bonds. The van der Waals surface area contributed by atoms with E-state index in [4.69, 9.17) is 10.2 Å². The molecule has 0 aromatic heterocycles. The second-order valence-electron chi connectivity index (χ2n) is 3.57. The van der Waals surface area contributed by atoms with Gasteiger partial charge in [-0.3, -0.25) is 9.59 Å². The molecule has 19 heavy (non-hydrogen) atoms. The van der Waals surface area contributed by atoms with Gasteiger partial charge in [-0.05, 0) is 18.2 Å². The maximum absolute atomic E-state index is 11.9. The molecule has 0 spiro atoms. The lowest BCUT2D eigenvalue weighted by atomic mass is 10.2. The van der Waals surface area contributed by atoms with Crippen molar-refractivity contribution in [3.63, 3.8) is 0 Å². The second kappa shape index (κ2) is 6.13. The minimum absolute atomic E-state index is 0.154. The molecule has 1 aromatic rings. The van der Waals surface area contributed by atoms with Crippen molar-refractivity contribution in [2.24, 2.45) is 0 Å². The predicted molar refractivity (Wildman–Crippen MR) is 68.1 cm³/mol. The molecule has 0 heterocycles. The molecule has 0 aliphatic heterocycles. The number of carboxylic acid groups (broad SMARTS) is 2. The molecule has 0 saturated carbocycles. The lowest BCUT2D eigenvalue weighted by Gasteiger charge is -2.13. The Hall–Kier alpha value is -1.45. The Kier molecular flexibility index (Phi) is 5.04. The second-order valence-corrected chi connectivity index (χ2v) is 6.20. The van der Waals surface area contributed by atoms with Gasteiger partial charge in [0, 0.05) is 4.47 Å². The molecule has 0 aliphatic rings. The van der Waals surface area contributed by atoms with Crippen LogP contribution in [0.15, 0.2) is 33.6 Å². The van der Waals surface area contributed by atoms with Gasteiger partial charge in [0.05, 0.1) is 11.3 Å². The highest BCUT2D eigenvalue weighted by atomic mass is 79.9. The van der Waals surface area contributed by atoms with Crippen LogP contribution in [0.25, 0.3) is 0 Å². The SMILES string of the molecule is O=C(O)C[C@H](NS(=O)(=O)c1cccc(Br)c1)C(=O)O. The zero-order valence-electron chi connectivity index (χ0n) is 9.41. The zero-order valence-corrected chi connectivity index (χ0v) is 11.8. The Bertz CT molecular complexity index is 600. The third kappa shape index (κ3) is 4.62. The molecule has 0 radical (unpaired) electrons. The fourth-order valence-corrected chi connectivity index (χ4v) is 3.03. The van der Waals surface area contributed by atoms with Gasteiger partial charge in [0.25, 0.3) is 0 Å².